The number of aliphatic imine (C=N–C) groups is 1. The van der Waals surface area contributed by atoms with Gasteiger partial charge >= 0.3 is 0 Å². The van der Waals surface area contributed by atoms with E-state index in [1.54, 1.807) is 0 Å². The fourth-order valence-corrected chi connectivity index (χ4v) is 2.97. The summed E-state index contributed by atoms with van der Waals surface area (Å²) in [4.78, 5) is 4.41. The highest BCUT2D eigenvalue weighted by Gasteiger charge is 2.13. The molecular weight excluding hydrogens is 258 g/mol. The van der Waals surface area contributed by atoms with Gasteiger partial charge in [-0.05, 0) is 13.3 Å². The third-order valence-corrected chi connectivity index (χ3v) is 4.36. The van der Waals surface area contributed by atoms with Crippen LogP contribution in [0.25, 0.3) is 0 Å². The Morgan fingerprint density at radius 2 is 1.29 bits per heavy atom. The average Bonchev–Trinajstić information content (AvgIpc) is 2.89. The van der Waals surface area contributed by atoms with Crippen LogP contribution in [-0.4, -0.2) is 18.5 Å². The van der Waals surface area contributed by atoms with E-state index in [0.29, 0.717) is 6.10 Å². The molecule has 0 aromatic heterocycles. The van der Waals surface area contributed by atoms with Crippen LogP contribution in [0.5, 0.6) is 0 Å². The molecule has 21 heavy (non-hydrogen) atoms. The van der Waals surface area contributed by atoms with Gasteiger partial charge in [0.05, 0.1) is 6.54 Å². The minimum atomic E-state index is 0.321. The van der Waals surface area contributed by atoms with Gasteiger partial charge in [-0.25, -0.2) is 0 Å². The first-order chi connectivity index (χ1) is 10.3. The number of rotatable bonds is 14. The first-order valence-electron chi connectivity index (χ1n) is 9.53. The second-order valence-electron chi connectivity index (χ2n) is 6.66. The van der Waals surface area contributed by atoms with E-state index in [1.807, 2.05) is 0 Å². The molecule has 0 N–H and O–H groups in total. The summed E-state index contributed by atoms with van der Waals surface area (Å²) in [6.07, 6.45) is 19.7. The molecule has 1 atom stereocenters. The highest BCUT2D eigenvalue weighted by Crippen LogP contribution is 2.14. The second kappa shape index (κ2) is 13.2. The summed E-state index contributed by atoms with van der Waals surface area (Å²) < 4.78 is 5.62. The van der Waals surface area contributed by atoms with E-state index in [0.717, 1.165) is 18.9 Å². The standard InChI is InChI=1S/C19H37NO/c1-3-4-5-6-7-8-9-10-11-12-13-14-15-16-19-20-17-18(2)21-19/h18H,3-17H2,1-2H3/t18-/m0/s1. The maximum absolute atomic E-state index is 5.62. The first-order valence-corrected chi connectivity index (χ1v) is 9.53. The quantitative estimate of drug-likeness (QED) is 0.345. The summed E-state index contributed by atoms with van der Waals surface area (Å²) in [5, 5.41) is 0. The Bertz CT molecular complexity index is 262. The van der Waals surface area contributed by atoms with E-state index in [2.05, 4.69) is 18.8 Å². The molecule has 0 spiro atoms. The van der Waals surface area contributed by atoms with Crippen LogP contribution in [0.3, 0.4) is 0 Å². The molecule has 0 saturated carbocycles. The van der Waals surface area contributed by atoms with Crippen molar-refractivity contribution in [3.63, 3.8) is 0 Å². The van der Waals surface area contributed by atoms with Crippen LogP contribution in [0.4, 0.5) is 0 Å². The van der Waals surface area contributed by atoms with Crippen LogP contribution in [0.1, 0.15) is 104 Å². The Morgan fingerprint density at radius 3 is 1.71 bits per heavy atom. The fraction of sp³-hybridized carbons (Fsp3) is 0.947. The minimum Gasteiger partial charge on any atom is -0.476 e. The van der Waals surface area contributed by atoms with Crippen LogP contribution in [0.15, 0.2) is 4.99 Å². The average molecular weight is 296 g/mol. The highest BCUT2D eigenvalue weighted by atomic mass is 16.5. The smallest absolute Gasteiger partial charge is 0.183 e. The number of hydrogen-bond donors (Lipinski definition) is 0. The molecule has 124 valence electrons. The van der Waals surface area contributed by atoms with Crippen molar-refractivity contribution < 1.29 is 4.74 Å². The molecule has 0 unspecified atom stereocenters. The molecule has 1 heterocycles. The topological polar surface area (TPSA) is 21.6 Å². The Labute approximate surface area is 132 Å². The van der Waals surface area contributed by atoms with E-state index in [-0.39, 0.29) is 0 Å². The van der Waals surface area contributed by atoms with Gasteiger partial charge in [-0.3, -0.25) is 4.99 Å². The summed E-state index contributed by atoms with van der Waals surface area (Å²) in [5.74, 6) is 1.01. The van der Waals surface area contributed by atoms with E-state index < -0.39 is 0 Å². The number of unbranched alkanes of at least 4 members (excludes halogenated alkanes) is 12. The van der Waals surface area contributed by atoms with Crippen LogP contribution in [0.2, 0.25) is 0 Å². The zero-order valence-corrected chi connectivity index (χ0v) is 14.5. The zero-order chi connectivity index (χ0) is 15.2. The van der Waals surface area contributed by atoms with Crippen LogP contribution >= 0.6 is 0 Å². The Balaban J connectivity index is 1.71. The lowest BCUT2D eigenvalue weighted by atomic mass is 10.0. The summed E-state index contributed by atoms with van der Waals surface area (Å²) in [6.45, 7) is 5.25. The van der Waals surface area contributed by atoms with Crippen LogP contribution in [-0.2, 0) is 4.74 Å². The molecule has 0 bridgehead atoms. The predicted molar refractivity (Wildman–Crippen MR) is 93.2 cm³/mol. The van der Waals surface area contributed by atoms with Crippen molar-refractivity contribution in [1.82, 2.24) is 0 Å². The molecule has 0 aliphatic carbocycles. The van der Waals surface area contributed by atoms with E-state index in [9.17, 15) is 0 Å². The van der Waals surface area contributed by atoms with E-state index in [4.69, 9.17) is 4.74 Å². The Morgan fingerprint density at radius 1 is 0.810 bits per heavy atom. The molecule has 2 nitrogen and oxygen atoms in total. The number of ether oxygens (including phenoxy) is 1. The summed E-state index contributed by atoms with van der Waals surface area (Å²) in [7, 11) is 0. The van der Waals surface area contributed by atoms with Gasteiger partial charge in [-0.2, -0.15) is 0 Å². The van der Waals surface area contributed by atoms with E-state index in [1.165, 1.54) is 83.5 Å². The number of nitrogens with zero attached hydrogens (tertiary/aromatic N) is 1. The third kappa shape index (κ3) is 10.8. The third-order valence-electron chi connectivity index (χ3n) is 4.36. The maximum atomic E-state index is 5.62. The van der Waals surface area contributed by atoms with Gasteiger partial charge in [0, 0.05) is 6.42 Å². The van der Waals surface area contributed by atoms with Crippen LogP contribution < -0.4 is 0 Å². The van der Waals surface area contributed by atoms with Gasteiger partial charge in [0.25, 0.3) is 0 Å². The number of hydrogen-bond acceptors (Lipinski definition) is 2. The fourth-order valence-electron chi connectivity index (χ4n) is 2.97. The second-order valence-corrected chi connectivity index (χ2v) is 6.66. The molecule has 1 aliphatic heterocycles. The van der Waals surface area contributed by atoms with Crippen LogP contribution in [0, 0.1) is 0 Å². The van der Waals surface area contributed by atoms with Crippen molar-refractivity contribution in [2.75, 3.05) is 6.54 Å². The van der Waals surface area contributed by atoms with Crippen molar-refractivity contribution in [2.45, 2.75) is 110 Å². The van der Waals surface area contributed by atoms with Crippen molar-refractivity contribution >= 4 is 5.90 Å². The minimum absolute atomic E-state index is 0.321. The zero-order valence-electron chi connectivity index (χ0n) is 14.5. The molecule has 0 aromatic carbocycles. The van der Waals surface area contributed by atoms with Gasteiger partial charge in [0.2, 0.25) is 0 Å². The molecule has 0 radical (unpaired) electrons. The van der Waals surface area contributed by atoms with Crippen molar-refractivity contribution in [3.05, 3.63) is 0 Å². The van der Waals surface area contributed by atoms with Crippen molar-refractivity contribution in [3.8, 4) is 0 Å². The largest absolute Gasteiger partial charge is 0.476 e. The van der Waals surface area contributed by atoms with E-state index >= 15 is 0 Å². The Hall–Kier alpha value is -0.530. The molecule has 0 aromatic rings. The molecule has 0 fully saturated rings. The van der Waals surface area contributed by atoms with Gasteiger partial charge in [-0.1, -0.05) is 84.0 Å². The van der Waals surface area contributed by atoms with Gasteiger partial charge in [0.15, 0.2) is 5.90 Å². The maximum Gasteiger partial charge on any atom is 0.183 e. The predicted octanol–water partition coefficient (Wildman–Crippen LogP) is 6.28. The highest BCUT2D eigenvalue weighted by molar-refractivity contribution is 5.77. The normalized spacial score (nSPS) is 17.8. The lowest BCUT2D eigenvalue weighted by molar-refractivity contribution is 0.238. The first kappa shape index (κ1) is 18.5. The molecule has 1 rings (SSSR count). The van der Waals surface area contributed by atoms with Crippen molar-refractivity contribution in [1.29, 1.82) is 0 Å². The molecular formula is C19H37NO. The molecule has 0 saturated heterocycles. The van der Waals surface area contributed by atoms with Gasteiger partial charge < -0.3 is 4.74 Å². The van der Waals surface area contributed by atoms with Crippen molar-refractivity contribution in [2.24, 2.45) is 4.99 Å². The van der Waals surface area contributed by atoms with Gasteiger partial charge in [0.1, 0.15) is 6.10 Å². The molecule has 1 aliphatic rings. The summed E-state index contributed by atoms with van der Waals surface area (Å²) >= 11 is 0. The van der Waals surface area contributed by atoms with Gasteiger partial charge in [-0.15, -0.1) is 0 Å². The monoisotopic (exact) mass is 295 g/mol. The molecule has 2 heteroatoms. The Kier molecular flexibility index (Phi) is 11.6. The lowest BCUT2D eigenvalue weighted by Crippen LogP contribution is -2.07. The lowest BCUT2D eigenvalue weighted by Gasteiger charge is -2.05. The molecule has 0 amide bonds. The summed E-state index contributed by atoms with van der Waals surface area (Å²) in [6, 6.07) is 0. The summed E-state index contributed by atoms with van der Waals surface area (Å²) in [5.41, 5.74) is 0. The SMILES string of the molecule is CCCCCCCCCCCCCCCC1=NC[C@H](C)O1.